The molecule has 19 heavy (non-hydrogen) atoms. The molecule has 2 aromatic heterocycles. The number of halogens is 1. The fourth-order valence-corrected chi connectivity index (χ4v) is 2.19. The van der Waals surface area contributed by atoms with Crippen molar-refractivity contribution >= 4 is 28.3 Å². The first-order valence-corrected chi connectivity index (χ1v) is 6.17. The molecule has 0 bridgehead atoms. The van der Waals surface area contributed by atoms with Crippen LogP contribution in [0.25, 0.3) is 16.7 Å². The minimum atomic E-state index is 0.415. The predicted octanol–water partition coefficient (Wildman–Crippen LogP) is 2.53. The number of hydrogen-bond donors (Lipinski definition) is 0. The van der Waals surface area contributed by atoms with Crippen LogP contribution in [0.1, 0.15) is 0 Å². The molecule has 0 aliphatic rings. The van der Waals surface area contributed by atoms with Gasteiger partial charge < -0.3 is 4.90 Å². The summed E-state index contributed by atoms with van der Waals surface area (Å²) in [4.78, 5) is 10.3. The minimum Gasteiger partial charge on any atom is -0.376 e. The maximum absolute atomic E-state index is 6.05. The van der Waals surface area contributed by atoms with Gasteiger partial charge in [-0.1, -0.05) is 23.7 Å². The largest absolute Gasteiger partial charge is 0.376 e. The lowest BCUT2D eigenvalue weighted by Gasteiger charge is -2.17. The Hall–Kier alpha value is -2.14. The van der Waals surface area contributed by atoms with Gasteiger partial charge in [-0.2, -0.15) is 5.10 Å². The van der Waals surface area contributed by atoms with E-state index in [1.54, 1.807) is 10.9 Å². The molecule has 0 unspecified atom stereocenters. The number of para-hydroxylation sites is 2. The molecule has 3 aromatic rings. The normalized spacial score (nSPS) is 10.9. The van der Waals surface area contributed by atoms with Crippen LogP contribution in [0.2, 0.25) is 5.15 Å². The number of nitrogens with zero attached hydrogens (tertiary/aromatic N) is 5. The second-order valence-corrected chi connectivity index (χ2v) is 4.70. The van der Waals surface area contributed by atoms with E-state index in [1.807, 2.05) is 43.3 Å². The number of fused-ring (bicyclic) bond motifs is 1. The summed E-state index contributed by atoms with van der Waals surface area (Å²) in [6.07, 6.45) is 3.13. The highest BCUT2D eigenvalue weighted by Crippen LogP contribution is 2.26. The standard InChI is InChI=1S/C13H12ClN5/c1-18(2)10-5-3-4-6-11(10)19-13-9(7-17-19)12(14)15-8-16-13/h3-8H,1-2H3. The molecule has 0 saturated heterocycles. The third-order valence-electron chi connectivity index (χ3n) is 2.91. The monoisotopic (exact) mass is 273 g/mol. The topological polar surface area (TPSA) is 46.8 Å². The molecule has 5 nitrogen and oxygen atoms in total. The van der Waals surface area contributed by atoms with E-state index in [0.717, 1.165) is 16.8 Å². The van der Waals surface area contributed by atoms with Crippen LogP contribution < -0.4 is 4.90 Å². The maximum Gasteiger partial charge on any atom is 0.167 e. The Morgan fingerprint density at radius 2 is 1.95 bits per heavy atom. The van der Waals surface area contributed by atoms with Gasteiger partial charge in [0.2, 0.25) is 0 Å². The lowest BCUT2D eigenvalue weighted by atomic mass is 10.2. The zero-order valence-corrected chi connectivity index (χ0v) is 11.3. The van der Waals surface area contributed by atoms with Gasteiger partial charge in [0.25, 0.3) is 0 Å². The van der Waals surface area contributed by atoms with Gasteiger partial charge in [-0.3, -0.25) is 0 Å². The molecule has 1 aromatic carbocycles. The van der Waals surface area contributed by atoms with Gasteiger partial charge in [0.15, 0.2) is 5.65 Å². The number of hydrogen-bond acceptors (Lipinski definition) is 4. The van der Waals surface area contributed by atoms with Crippen molar-refractivity contribution in [1.29, 1.82) is 0 Å². The second-order valence-electron chi connectivity index (χ2n) is 4.34. The van der Waals surface area contributed by atoms with Crippen LogP contribution >= 0.6 is 11.6 Å². The molecule has 3 rings (SSSR count). The van der Waals surface area contributed by atoms with Crippen LogP contribution in [0.15, 0.2) is 36.8 Å². The minimum absolute atomic E-state index is 0.415. The van der Waals surface area contributed by atoms with E-state index < -0.39 is 0 Å². The quantitative estimate of drug-likeness (QED) is 0.673. The third kappa shape index (κ3) is 1.92. The Labute approximate surface area is 115 Å². The van der Waals surface area contributed by atoms with Gasteiger partial charge in [0, 0.05) is 14.1 Å². The zero-order valence-electron chi connectivity index (χ0n) is 10.6. The fourth-order valence-electron chi connectivity index (χ4n) is 2.01. The summed E-state index contributed by atoms with van der Waals surface area (Å²) in [6.45, 7) is 0. The number of anilines is 1. The summed E-state index contributed by atoms with van der Waals surface area (Å²) in [5.74, 6) is 0. The molecule has 0 aliphatic heterocycles. The molecule has 0 radical (unpaired) electrons. The highest BCUT2D eigenvalue weighted by molar-refractivity contribution is 6.33. The van der Waals surface area contributed by atoms with Gasteiger partial charge in [-0.15, -0.1) is 0 Å². The Kier molecular flexibility index (Phi) is 2.83. The highest BCUT2D eigenvalue weighted by atomic mass is 35.5. The molecule has 0 fully saturated rings. The van der Waals surface area contributed by atoms with E-state index in [0.29, 0.717) is 10.8 Å². The van der Waals surface area contributed by atoms with Crippen molar-refractivity contribution in [3.8, 4) is 5.69 Å². The Morgan fingerprint density at radius 1 is 1.16 bits per heavy atom. The zero-order chi connectivity index (χ0) is 13.4. The Morgan fingerprint density at radius 3 is 2.74 bits per heavy atom. The van der Waals surface area contributed by atoms with Crippen molar-refractivity contribution < 1.29 is 0 Å². The fraction of sp³-hybridized carbons (Fsp3) is 0.154. The summed E-state index contributed by atoms with van der Waals surface area (Å²) < 4.78 is 1.78. The molecule has 0 saturated carbocycles. The first kappa shape index (κ1) is 11.9. The molecule has 0 atom stereocenters. The van der Waals surface area contributed by atoms with Crippen LogP contribution in [0.5, 0.6) is 0 Å². The third-order valence-corrected chi connectivity index (χ3v) is 3.21. The summed E-state index contributed by atoms with van der Waals surface area (Å²) >= 11 is 6.05. The van der Waals surface area contributed by atoms with Crippen molar-refractivity contribution in [3.05, 3.63) is 41.9 Å². The van der Waals surface area contributed by atoms with E-state index in [1.165, 1.54) is 6.33 Å². The van der Waals surface area contributed by atoms with Crippen molar-refractivity contribution in [2.45, 2.75) is 0 Å². The Balaban J connectivity index is 2.29. The van der Waals surface area contributed by atoms with Crippen molar-refractivity contribution in [3.63, 3.8) is 0 Å². The summed E-state index contributed by atoms with van der Waals surface area (Å²) in [5, 5.41) is 5.54. The van der Waals surface area contributed by atoms with Gasteiger partial charge in [0.1, 0.15) is 11.5 Å². The van der Waals surface area contributed by atoms with E-state index >= 15 is 0 Å². The van der Waals surface area contributed by atoms with Crippen molar-refractivity contribution in [2.75, 3.05) is 19.0 Å². The second kappa shape index (κ2) is 4.51. The molecule has 0 N–H and O–H groups in total. The molecule has 0 amide bonds. The van der Waals surface area contributed by atoms with Gasteiger partial charge >= 0.3 is 0 Å². The number of benzene rings is 1. The molecule has 0 aliphatic carbocycles. The molecule has 0 spiro atoms. The lowest BCUT2D eigenvalue weighted by molar-refractivity contribution is 0.888. The van der Waals surface area contributed by atoms with Gasteiger partial charge in [-0.25, -0.2) is 14.6 Å². The van der Waals surface area contributed by atoms with E-state index in [4.69, 9.17) is 11.6 Å². The first-order chi connectivity index (χ1) is 9.18. The molecule has 96 valence electrons. The summed E-state index contributed by atoms with van der Waals surface area (Å²) in [6, 6.07) is 7.99. The SMILES string of the molecule is CN(C)c1ccccc1-n1ncc2c(Cl)ncnc21. The molecule has 2 heterocycles. The first-order valence-electron chi connectivity index (χ1n) is 5.79. The smallest absolute Gasteiger partial charge is 0.167 e. The molecular formula is C13H12ClN5. The van der Waals surface area contributed by atoms with Gasteiger partial charge in [0.05, 0.1) is 23.0 Å². The van der Waals surface area contributed by atoms with Crippen LogP contribution in [0.3, 0.4) is 0 Å². The maximum atomic E-state index is 6.05. The Bertz CT molecular complexity index is 735. The number of aromatic nitrogens is 4. The average molecular weight is 274 g/mol. The average Bonchev–Trinajstić information content (AvgIpc) is 2.84. The van der Waals surface area contributed by atoms with Crippen LogP contribution in [-0.4, -0.2) is 33.8 Å². The van der Waals surface area contributed by atoms with Crippen LogP contribution in [-0.2, 0) is 0 Å². The van der Waals surface area contributed by atoms with E-state index in [2.05, 4.69) is 15.1 Å². The summed E-state index contributed by atoms with van der Waals surface area (Å²) in [7, 11) is 3.99. The molecular weight excluding hydrogens is 262 g/mol. The summed E-state index contributed by atoms with van der Waals surface area (Å²) in [5.41, 5.74) is 2.72. The number of rotatable bonds is 2. The van der Waals surface area contributed by atoms with Crippen LogP contribution in [0.4, 0.5) is 5.69 Å². The predicted molar refractivity (Wildman–Crippen MR) is 76.0 cm³/mol. The van der Waals surface area contributed by atoms with Crippen molar-refractivity contribution in [1.82, 2.24) is 19.7 Å². The van der Waals surface area contributed by atoms with Crippen molar-refractivity contribution in [2.24, 2.45) is 0 Å². The highest BCUT2D eigenvalue weighted by Gasteiger charge is 2.13. The van der Waals surface area contributed by atoms with E-state index in [9.17, 15) is 0 Å². The van der Waals surface area contributed by atoms with Crippen LogP contribution in [0, 0.1) is 0 Å². The van der Waals surface area contributed by atoms with Gasteiger partial charge in [-0.05, 0) is 12.1 Å². The van der Waals surface area contributed by atoms with E-state index in [-0.39, 0.29) is 0 Å². The molecule has 6 heteroatoms. The lowest BCUT2D eigenvalue weighted by Crippen LogP contribution is -2.12.